The van der Waals surface area contributed by atoms with Gasteiger partial charge in [0.15, 0.2) is 11.4 Å². The summed E-state index contributed by atoms with van der Waals surface area (Å²) in [6.07, 6.45) is -0.996. The average molecular weight is 558 g/mol. The lowest BCUT2D eigenvalue weighted by molar-refractivity contribution is -0.173. The Morgan fingerprint density at radius 2 is 1.76 bits per heavy atom. The van der Waals surface area contributed by atoms with E-state index in [9.17, 15) is 41.0 Å². The van der Waals surface area contributed by atoms with Crippen molar-refractivity contribution in [1.29, 1.82) is 0 Å². The second-order valence-corrected chi connectivity index (χ2v) is 10.4. The fourth-order valence-electron chi connectivity index (χ4n) is 5.06. The Kier molecular flexibility index (Phi) is 6.32. The van der Waals surface area contributed by atoms with Crippen LogP contribution >= 0.6 is 11.8 Å². The van der Waals surface area contributed by atoms with E-state index in [0.29, 0.717) is 16.0 Å². The van der Waals surface area contributed by atoms with Crippen LogP contribution in [0.2, 0.25) is 0 Å². The minimum absolute atomic E-state index is 0.215. The van der Waals surface area contributed by atoms with Gasteiger partial charge in [-0.15, -0.1) is 11.8 Å². The molecule has 6 nitrogen and oxygen atoms in total. The standard InChI is InChI=1S/C25H21F6N3O3S/c1-13(24(26,27)28)32-12-34(33-9-8-18(35)22(36)21(33)23(32)37)20-16-7-6-15(25(29,30)31)10-14(16)11-38-19-5-3-2-4-17(19)20/h2-10,13,17,19-20,36H,11-12H2,1H3/t13-,17?,19?,20+/m1/s1. The molecule has 3 heterocycles. The molecule has 13 heteroatoms. The van der Waals surface area contributed by atoms with Gasteiger partial charge < -0.3 is 10.0 Å². The van der Waals surface area contributed by atoms with Gasteiger partial charge >= 0.3 is 12.4 Å². The molecule has 1 N–H and O–H groups in total. The highest BCUT2D eigenvalue weighted by Crippen LogP contribution is 2.46. The highest BCUT2D eigenvalue weighted by molar-refractivity contribution is 7.99. The van der Waals surface area contributed by atoms with E-state index in [1.165, 1.54) is 29.0 Å². The Hall–Kier alpha value is -3.35. The van der Waals surface area contributed by atoms with Gasteiger partial charge in [-0.25, -0.2) is 0 Å². The molecule has 202 valence electrons. The molecule has 5 rings (SSSR count). The van der Waals surface area contributed by atoms with Crippen molar-refractivity contribution < 1.29 is 36.2 Å². The van der Waals surface area contributed by atoms with Crippen molar-refractivity contribution in [1.82, 2.24) is 9.58 Å². The van der Waals surface area contributed by atoms with Crippen molar-refractivity contribution in [2.24, 2.45) is 5.92 Å². The molecule has 2 unspecified atom stereocenters. The highest BCUT2D eigenvalue weighted by Gasteiger charge is 2.49. The largest absolute Gasteiger partial charge is 0.502 e. The maximum atomic E-state index is 13.8. The number of fused-ring (bicyclic) bond motifs is 3. The van der Waals surface area contributed by atoms with Crippen LogP contribution in [-0.4, -0.2) is 44.7 Å². The van der Waals surface area contributed by atoms with Crippen LogP contribution in [0.4, 0.5) is 26.3 Å². The molecule has 1 aromatic carbocycles. The molecule has 0 bridgehead atoms. The molecule has 38 heavy (non-hydrogen) atoms. The first-order valence-corrected chi connectivity index (χ1v) is 12.6. The summed E-state index contributed by atoms with van der Waals surface area (Å²) in [4.78, 5) is 25.9. The Balaban J connectivity index is 1.74. The first kappa shape index (κ1) is 26.3. The number of aromatic hydroxyl groups is 1. The number of pyridine rings is 1. The van der Waals surface area contributed by atoms with Crippen molar-refractivity contribution in [3.05, 3.63) is 87.4 Å². The highest BCUT2D eigenvalue weighted by atomic mass is 32.2. The van der Waals surface area contributed by atoms with Gasteiger partial charge in [0.25, 0.3) is 5.91 Å². The van der Waals surface area contributed by atoms with Gasteiger partial charge in [0.05, 0.1) is 11.6 Å². The van der Waals surface area contributed by atoms with Crippen LogP contribution in [0.3, 0.4) is 0 Å². The van der Waals surface area contributed by atoms with E-state index in [4.69, 9.17) is 0 Å². The van der Waals surface area contributed by atoms with Crippen molar-refractivity contribution in [2.45, 2.75) is 42.4 Å². The van der Waals surface area contributed by atoms with E-state index in [-0.39, 0.29) is 11.0 Å². The Bertz CT molecular complexity index is 1400. The zero-order chi connectivity index (χ0) is 27.6. The summed E-state index contributed by atoms with van der Waals surface area (Å²) >= 11 is 1.40. The molecule has 0 spiro atoms. The number of allylic oxidation sites excluding steroid dienone is 2. The summed E-state index contributed by atoms with van der Waals surface area (Å²) in [5, 5.41) is 11.7. The molecule has 2 aliphatic heterocycles. The van der Waals surface area contributed by atoms with Gasteiger partial charge in [0.2, 0.25) is 5.43 Å². The summed E-state index contributed by atoms with van der Waals surface area (Å²) in [5.74, 6) is -2.40. The van der Waals surface area contributed by atoms with Crippen molar-refractivity contribution in [2.75, 3.05) is 11.7 Å². The molecular weight excluding hydrogens is 536 g/mol. The van der Waals surface area contributed by atoms with Crippen LogP contribution < -0.4 is 10.4 Å². The monoisotopic (exact) mass is 557 g/mol. The summed E-state index contributed by atoms with van der Waals surface area (Å²) in [7, 11) is 0. The number of halogens is 6. The third kappa shape index (κ3) is 4.36. The van der Waals surface area contributed by atoms with Gasteiger partial charge in [-0.1, -0.05) is 30.4 Å². The first-order chi connectivity index (χ1) is 17.8. The van der Waals surface area contributed by atoms with Crippen molar-refractivity contribution in [3.8, 4) is 5.75 Å². The maximum absolute atomic E-state index is 13.8. The number of alkyl halides is 6. The van der Waals surface area contributed by atoms with Crippen molar-refractivity contribution >= 4 is 17.7 Å². The molecule has 0 fully saturated rings. The predicted octanol–water partition coefficient (Wildman–Crippen LogP) is 4.97. The van der Waals surface area contributed by atoms with Crippen LogP contribution in [0.5, 0.6) is 5.75 Å². The molecule has 0 radical (unpaired) electrons. The summed E-state index contributed by atoms with van der Waals surface area (Å²) < 4.78 is 83.1. The van der Waals surface area contributed by atoms with Crippen LogP contribution in [0, 0.1) is 5.92 Å². The smallest absolute Gasteiger partial charge is 0.416 e. The maximum Gasteiger partial charge on any atom is 0.416 e. The van der Waals surface area contributed by atoms with Gasteiger partial charge in [0, 0.05) is 29.2 Å². The van der Waals surface area contributed by atoms with Crippen LogP contribution in [0.1, 0.15) is 40.1 Å². The van der Waals surface area contributed by atoms with Gasteiger partial charge in [-0.3, -0.25) is 19.3 Å². The number of rotatable bonds is 2. The number of hydrogen-bond donors (Lipinski definition) is 1. The quantitative estimate of drug-likeness (QED) is 0.529. The summed E-state index contributed by atoms with van der Waals surface area (Å²) in [6, 6.07) is 1.14. The molecule has 0 saturated carbocycles. The number of hydrogen-bond acceptors (Lipinski definition) is 5. The number of carbonyl (C=O) groups is 1. The van der Waals surface area contributed by atoms with Gasteiger partial charge in [0.1, 0.15) is 12.7 Å². The molecule has 3 aliphatic rings. The van der Waals surface area contributed by atoms with Gasteiger partial charge in [-0.05, 0) is 30.2 Å². The second-order valence-electron chi connectivity index (χ2n) is 9.27. The van der Waals surface area contributed by atoms with E-state index in [1.54, 1.807) is 12.2 Å². The Morgan fingerprint density at radius 1 is 1.05 bits per heavy atom. The van der Waals surface area contributed by atoms with Crippen LogP contribution in [0.15, 0.2) is 59.6 Å². The molecule has 2 aromatic rings. The summed E-state index contributed by atoms with van der Waals surface area (Å²) in [5.41, 5.74) is -1.65. The lowest BCUT2D eigenvalue weighted by atomic mass is 9.85. The zero-order valence-electron chi connectivity index (χ0n) is 19.7. The van der Waals surface area contributed by atoms with E-state index in [2.05, 4.69) is 0 Å². The number of carbonyl (C=O) groups excluding carboxylic acids is 1. The Labute approximate surface area is 216 Å². The van der Waals surface area contributed by atoms with Crippen molar-refractivity contribution in [3.63, 3.8) is 0 Å². The molecular formula is C25H21F6N3O3S. The lowest BCUT2D eigenvalue weighted by Gasteiger charge is -2.48. The van der Waals surface area contributed by atoms with E-state index < -0.39 is 65.4 Å². The number of aromatic nitrogens is 1. The average Bonchev–Trinajstić information content (AvgIpc) is 3.01. The number of amides is 1. The normalized spacial score (nSPS) is 24.0. The Morgan fingerprint density at radius 3 is 2.45 bits per heavy atom. The second kappa shape index (κ2) is 9.14. The number of benzene rings is 1. The van der Waals surface area contributed by atoms with Crippen LogP contribution in [-0.2, 0) is 11.9 Å². The van der Waals surface area contributed by atoms with Gasteiger partial charge in [-0.2, -0.15) is 26.3 Å². The van der Waals surface area contributed by atoms with E-state index >= 15 is 0 Å². The SMILES string of the molecule is C[C@@H](N1CN([C@H]2c3ccc(C(F)(F)F)cc3CSC3C=CC=CC32)n2ccc(=O)c(O)c2C1=O)C(F)(F)F. The van der Waals surface area contributed by atoms with E-state index in [0.717, 1.165) is 29.8 Å². The third-order valence-electron chi connectivity index (χ3n) is 7.06. The fourth-order valence-corrected chi connectivity index (χ4v) is 6.34. The summed E-state index contributed by atoms with van der Waals surface area (Å²) in [6.45, 7) is 0.202. The minimum Gasteiger partial charge on any atom is -0.502 e. The number of nitrogens with zero attached hydrogens (tertiary/aromatic N) is 3. The fraction of sp³-hybridized carbons (Fsp3) is 0.360. The minimum atomic E-state index is -4.82. The zero-order valence-corrected chi connectivity index (χ0v) is 20.5. The molecule has 0 saturated heterocycles. The molecule has 1 amide bonds. The molecule has 1 aromatic heterocycles. The van der Waals surface area contributed by atoms with Crippen LogP contribution in [0.25, 0.3) is 0 Å². The lowest BCUT2D eigenvalue weighted by Crippen LogP contribution is -2.61. The van der Waals surface area contributed by atoms with E-state index in [1.807, 2.05) is 12.2 Å². The first-order valence-electron chi connectivity index (χ1n) is 11.5. The molecule has 1 aliphatic carbocycles. The number of thioether (sulfide) groups is 1. The molecule has 4 atom stereocenters. The topological polar surface area (TPSA) is 65.8 Å². The third-order valence-corrected chi connectivity index (χ3v) is 8.40. The predicted molar refractivity (Wildman–Crippen MR) is 128 cm³/mol.